The maximum Gasteiger partial charge on any atom is 0.191 e. The molecule has 2 rings (SSSR count). The van der Waals surface area contributed by atoms with E-state index in [1.165, 1.54) is 12.8 Å². The lowest BCUT2D eigenvalue weighted by Crippen LogP contribution is -2.38. The zero-order valence-electron chi connectivity index (χ0n) is 13.5. The SMILES string of the molecule is CCNC(=NCc1ccc(OC)cc1OC)NCC1CC1.I. The molecule has 0 heterocycles. The summed E-state index contributed by atoms with van der Waals surface area (Å²) >= 11 is 0. The lowest BCUT2D eigenvalue weighted by Gasteiger charge is -2.12. The number of methoxy groups -OCH3 is 2. The van der Waals surface area contributed by atoms with E-state index in [2.05, 4.69) is 22.5 Å². The molecule has 0 atom stereocenters. The van der Waals surface area contributed by atoms with Crippen LogP contribution in [-0.2, 0) is 6.54 Å². The lowest BCUT2D eigenvalue weighted by atomic mass is 10.2. The molecule has 1 fully saturated rings. The first-order chi connectivity index (χ1) is 10.3. The maximum atomic E-state index is 5.40. The molecule has 1 aromatic carbocycles. The second-order valence-electron chi connectivity index (χ2n) is 5.20. The van der Waals surface area contributed by atoms with Gasteiger partial charge in [-0.1, -0.05) is 0 Å². The van der Waals surface area contributed by atoms with Crippen LogP contribution in [0.15, 0.2) is 23.2 Å². The van der Waals surface area contributed by atoms with Crippen LogP contribution >= 0.6 is 24.0 Å². The van der Waals surface area contributed by atoms with E-state index in [0.29, 0.717) is 6.54 Å². The number of nitrogens with one attached hydrogen (secondary N) is 2. The minimum atomic E-state index is 0. The third-order valence-electron chi connectivity index (χ3n) is 3.50. The van der Waals surface area contributed by atoms with Crippen LogP contribution in [0.2, 0.25) is 0 Å². The summed E-state index contributed by atoms with van der Waals surface area (Å²) in [5.41, 5.74) is 1.04. The van der Waals surface area contributed by atoms with Crippen LogP contribution in [0.1, 0.15) is 25.3 Å². The van der Waals surface area contributed by atoms with Crippen LogP contribution in [0.25, 0.3) is 0 Å². The molecule has 0 spiro atoms. The summed E-state index contributed by atoms with van der Waals surface area (Å²) in [6.45, 7) is 4.51. The van der Waals surface area contributed by atoms with E-state index >= 15 is 0 Å². The normalized spacial score (nSPS) is 14.0. The second kappa shape index (κ2) is 9.76. The monoisotopic (exact) mass is 419 g/mol. The second-order valence-corrected chi connectivity index (χ2v) is 5.20. The standard InChI is InChI=1S/C16H25N3O2.HI/c1-4-17-16(18-10-12-5-6-12)19-11-13-7-8-14(20-2)9-15(13)21-3;/h7-9,12H,4-6,10-11H2,1-3H3,(H2,17,18,19);1H. The zero-order valence-corrected chi connectivity index (χ0v) is 15.8. The Hall–Kier alpha value is -1.18. The summed E-state index contributed by atoms with van der Waals surface area (Å²) in [5.74, 6) is 3.28. The highest BCUT2D eigenvalue weighted by Crippen LogP contribution is 2.27. The minimum Gasteiger partial charge on any atom is -0.497 e. The van der Waals surface area contributed by atoms with Crippen molar-refractivity contribution in [1.82, 2.24) is 10.6 Å². The van der Waals surface area contributed by atoms with Crippen molar-refractivity contribution >= 4 is 29.9 Å². The first kappa shape index (κ1) is 18.9. The van der Waals surface area contributed by atoms with E-state index in [1.54, 1.807) is 14.2 Å². The van der Waals surface area contributed by atoms with Crippen molar-refractivity contribution in [2.75, 3.05) is 27.3 Å². The number of aliphatic imine (C=N–C) groups is 1. The van der Waals surface area contributed by atoms with Crippen LogP contribution in [0, 0.1) is 5.92 Å². The number of benzene rings is 1. The van der Waals surface area contributed by atoms with Crippen LogP contribution in [0.3, 0.4) is 0 Å². The van der Waals surface area contributed by atoms with E-state index in [-0.39, 0.29) is 24.0 Å². The van der Waals surface area contributed by atoms with Crippen molar-refractivity contribution in [1.29, 1.82) is 0 Å². The number of halogens is 1. The van der Waals surface area contributed by atoms with Crippen LogP contribution in [-0.4, -0.2) is 33.3 Å². The molecule has 0 saturated heterocycles. The van der Waals surface area contributed by atoms with Crippen molar-refractivity contribution in [3.8, 4) is 11.5 Å². The summed E-state index contributed by atoms with van der Waals surface area (Å²) in [5, 5.41) is 6.66. The van der Waals surface area contributed by atoms with Gasteiger partial charge in [-0.25, -0.2) is 4.99 Å². The summed E-state index contributed by atoms with van der Waals surface area (Å²) in [6.07, 6.45) is 2.66. The number of ether oxygens (including phenoxy) is 2. The molecule has 6 heteroatoms. The van der Waals surface area contributed by atoms with Gasteiger partial charge in [-0.2, -0.15) is 0 Å². The van der Waals surface area contributed by atoms with E-state index in [4.69, 9.17) is 9.47 Å². The number of hydrogen-bond acceptors (Lipinski definition) is 3. The van der Waals surface area contributed by atoms with Gasteiger partial charge in [-0.15, -0.1) is 24.0 Å². The average Bonchev–Trinajstić information content (AvgIpc) is 3.34. The van der Waals surface area contributed by atoms with Crippen molar-refractivity contribution < 1.29 is 9.47 Å². The number of rotatable bonds is 7. The van der Waals surface area contributed by atoms with Crippen molar-refractivity contribution in [3.05, 3.63) is 23.8 Å². The minimum absolute atomic E-state index is 0. The highest BCUT2D eigenvalue weighted by Gasteiger charge is 2.21. The molecule has 124 valence electrons. The Labute approximate surface area is 149 Å². The third kappa shape index (κ3) is 5.90. The molecule has 1 aliphatic rings. The average molecular weight is 419 g/mol. The topological polar surface area (TPSA) is 54.9 Å². The van der Waals surface area contributed by atoms with E-state index in [1.807, 2.05) is 18.2 Å². The van der Waals surface area contributed by atoms with Crippen molar-refractivity contribution in [2.45, 2.75) is 26.3 Å². The molecule has 22 heavy (non-hydrogen) atoms. The van der Waals surface area contributed by atoms with Crippen molar-refractivity contribution in [3.63, 3.8) is 0 Å². The smallest absolute Gasteiger partial charge is 0.191 e. The molecule has 0 aliphatic heterocycles. The fourth-order valence-electron chi connectivity index (χ4n) is 2.05. The molecule has 2 N–H and O–H groups in total. The molecule has 1 aliphatic carbocycles. The quantitative estimate of drug-likeness (QED) is 0.406. The van der Waals surface area contributed by atoms with Gasteiger partial charge >= 0.3 is 0 Å². The van der Waals surface area contributed by atoms with Gasteiger partial charge < -0.3 is 20.1 Å². The molecule has 5 nitrogen and oxygen atoms in total. The Morgan fingerprint density at radius 3 is 2.59 bits per heavy atom. The van der Waals surface area contributed by atoms with Gasteiger partial charge in [-0.05, 0) is 37.8 Å². The molecule has 0 amide bonds. The molecule has 0 unspecified atom stereocenters. The number of nitrogens with zero attached hydrogens (tertiary/aromatic N) is 1. The Bertz CT molecular complexity index is 490. The number of guanidine groups is 1. The predicted molar refractivity (Wildman–Crippen MR) is 101 cm³/mol. The van der Waals surface area contributed by atoms with Gasteiger partial charge in [0.1, 0.15) is 11.5 Å². The molecule has 1 saturated carbocycles. The summed E-state index contributed by atoms with van der Waals surface area (Å²) in [6, 6.07) is 5.80. The van der Waals surface area contributed by atoms with Crippen LogP contribution in [0.4, 0.5) is 0 Å². The summed E-state index contributed by atoms with van der Waals surface area (Å²) in [4.78, 5) is 4.62. The van der Waals surface area contributed by atoms with E-state index < -0.39 is 0 Å². The predicted octanol–water partition coefficient (Wildman–Crippen LogP) is 2.79. The van der Waals surface area contributed by atoms with Gasteiger partial charge in [0.2, 0.25) is 0 Å². The zero-order chi connectivity index (χ0) is 15.1. The molecule has 1 aromatic rings. The fraction of sp³-hybridized carbons (Fsp3) is 0.562. The Balaban J connectivity index is 0.00000242. The van der Waals surface area contributed by atoms with Crippen LogP contribution < -0.4 is 20.1 Å². The van der Waals surface area contributed by atoms with Crippen LogP contribution in [0.5, 0.6) is 11.5 Å². The van der Waals surface area contributed by atoms with Gasteiger partial charge in [-0.3, -0.25) is 0 Å². The lowest BCUT2D eigenvalue weighted by molar-refractivity contribution is 0.391. The fourth-order valence-corrected chi connectivity index (χ4v) is 2.05. The Kier molecular flexibility index (Phi) is 8.37. The molecule has 0 aromatic heterocycles. The molecule has 0 radical (unpaired) electrons. The molecule has 0 bridgehead atoms. The molecular weight excluding hydrogens is 393 g/mol. The Morgan fingerprint density at radius 2 is 2.00 bits per heavy atom. The number of hydrogen-bond donors (Lipinski definition) is 2. The summed E-state index contributed by atoms with van der Waals surface area (Å²) < 4.78 is 10.6. The van der Waals surface area contributed by atoms with Crippen molar-refractivity contribution in [2.24, 2.45) is 10.9 Å². The highest BCUT2D eigenvalue weighted by molar-refractivity contribution is 14.0. The Morgan fingerprint density at radius 1 is 1.23 bits per heavy atom. The maximum absolute atomic E-state index is 5.40. The first-order valence-corrected chi connectivity index (χ1v) is 7.50. The first-order valence-electron chi connectivity index (χ1n) is 7.50. The molecular formula is C16H26IN3O2. The highest BCUT2D eigenvalue weighted by atomic mass is 127. The van der Waals surface area contributed by atoms with Gasteiger partial charge in [0, 0.05) is 24.7 Å². The van der Waals surface area contributed by atoms with E-state index in [0.717, 1.165) is 42.0 Å². The van der Waals surface area contributed by atoms with E-state index in [9.17, 15) is 0 Å². The van der Waals surface area contributed by atoms with Gasteiger partial charge in [0.15, 0.2) is 5.96 Å². The largest absolute Gasteiger partial charge is 0.497 e. The summed E-state index contributed by atoms with van der Waals surface area (Å²) in [7, 11) is 3.32. The third-order valence-corrected chi connectivity index (χ3v) is 3.50. The van der Waals surface area contributed by atoms with Gasteiger partial charge in [0.05, 0.1) is 20.8 Å². The van der Waals surface area contributed by atoms with Gasteiger partial charge in [0.25, 0.3) is 0 Å².